The van der Waals surface area contributed by atoms with Gasteiger partial charge in [-0.15, -0.1) is 0 Å². The van der Waals surface area contributed by atoms with E-state index in [1.165, 1.54) is 16.4 Å². The van der Waals surface area contributed by atoms with Gasteiger partial charge in [-0.3, -0.25) is 9.59 Å². The molecule has 2 fully saturated rings. The second-order valence-corrected chi connectivity index (χ2v) is 9.87. The molecule has 1 aromatic rings. The maximum Gasteiger partial charge on any atom is 0.262 e. The number of sulfonamides is 1. The standard InChI is InChI=1S/C20H27N3O5S/c24-19-14-28-18-8-7-16(12-17(18)21-19)29(26,27)23-11-5-6-15(13-23)20(25)22-9-3-1-2-4-10-22/h7-8,12,15H,1-6,9-11,13-14H2,(H,21,24)/t15-/m1/s1. The largest absolute Gasteiger partial charge is 0.482 e. The first-order valence-electron chi connectivity index (χ1n) is 10.3. The van der Waals surface area contributed by atoms with Gasteiger partial charge in [-0.2, -0.15) is 4.31 Å². The van der Waals surface area contributed by atoms with Gasteiger partial charge in [0, 0.05) is 26.2 Å². The summed E-state index contributed by atoms with van der Waals surface area (Å²) >= 11 is 0. The molecule has 0 bridgehead atoms. The SMILES string of the molecule is O=C1COc2ccc(S(=O)(=O)N3CCC[C@@H](C(=O)N4CCCCCC4)C3)cc2N1. The molecule has 1 aromatic carbocycles. The van der Waals surface area contributed by atoms with Crippen LogP contribution >= 0.6 is 0 Å². The van der Waals surface area contributed by atoms with Crippen molar-refractivity contribution in [3.8, 4) is 5.75 Å². The predicted molar refractivity (Wildman–Crippen MR) is 107 cm³/mol. The molecule has 0 aliphatic carbocycles. The highest BCUT2D eigenvalue weighted by molar-refractivity contribution is 7.89. The van der Waals surface area contributed by atoms with Gasteiger partial charge >= 0.3 is 0 Å². The maximum absolute atomic E-state index is 13.2. The normalized spacial score (nSPS) is 23.5. The number of rotatable bonds is 3. The minimum absolute atomic E-state index is 0.0779. The summed E-state index contributed by atoms with van der Waals surface area (Å²) in [5.74, 6) is -0.0697. The zero-order chi connectivity index (χ0) is 20.4. The molecule has 1 atom stereocenters. The van der Waals surface area contributed by atoms with E-state index in [2.05, 4.69) is 5.32 Å². The first kappa shape index (κ1) is 20.2. The van der Waals surface area contributed by atoms with Crippen LogP contribution in [0, 0.1) is 5.92 Å². The second-order valence-electron chi connectivity index (χ2n) is 7.94. The van der Waals surface area contributed by atoms with Crippen LogP contribution in [-0.2, 0) is 19.6 Å². The van der Waals surface area contributed by atoms with Crippen LogP contribution in [-0.4, -0.2) is 62.2 Å². The molecule has 2 amide bonds. The Morgan fingerprint density at radius 2 is 1.83 bits per heavy atom. The summed E-state index contributed by atoms with van der Waals surface area (Å²) in [6.07, 6.45) is 5.71. The minimum Gasteiger partial charge on any atom is -0.482 e. The molecule has 8 nitrogen and oxygen atoms in total. The smallest absolute Gasteiger partial charge is 0.262 e. The van der Waals surface area contributed by atoms with Crippen molar-refractivity contribution in [3.05, 3.63) is 18.2 Å². The summed E-state index contributed by atoms with van der Waals surface area (Å²) in [5, 5.41) is 2.64. The Morgan fingerprint density at radius 3 is 2.59 bits per heavy atom. The molecule has 0 spiro atoms. The average Bonchev–Trinajstić information content (AvgIpc) is 3.02. The van der Waals surface area contributed by atoms with E-state index in [0.717, 1.165) is 45.2 Å². The van der Waals surface area contributed by atoms with Crippen molar-refractivity contribution < 1.29 is 22.7 Å². The Bertz CT molecular complexity index is 893. The third kappa shape index (κ3) is 4.25. The van der Waals surface area contributed by atoms with Crippen molar-refractivity contribution in [2.24, 2.45) is 5.92 Å². The van der Waals surface area contributed by atoms with E-state index in [1.54, 1.807) is 6.07 Å². The summed E-state index contributed by atoms with van der Waals surface area (Å²) in [6.45, 7) is 2.06. The van der Waals surface area contributed by atoms with Gasteiger partial charge in [0.1, 0.15) is 5.75 Å². The lowest BCUT2D eigenvalue weighted by atomic mass is 9.98. The third-order valence-corrected chi connectivity index (χ3v) is 7.73. The number of carbonyl (C=O) groups excluding carboxylic acids is 2. The number of ether oxygens (including phenoxy) is 1. The van der Waals surface area contributed by atoms with Crippen molar-refractivity contribution in [2.75, 3.05) is 38.1 Å². The number of fused-ring (bicyclic) bond motifs is 1. The Kier molecular flexibility index (Phi) is 5.78. The van der Waals surface area contributed by atoms with Crippen molar-refractivity contribution in [3.63, 3.8) is 0 Å². The van der Waals surface area contributed by atoms with Gasteiger partial charge in [0.05, 0.1) is 16.5 Å². The highest BCUT2D eigenvalue weighted by Crippen LogP contribution is 2.32. The van der Waals surface area contributed by atoms with Crippen LogP contribution in [0.1, 0.15) is 38.5 Å². The van der Waals surface area contributed by atoms with E-state index in [-0.39, 0.29) is 35.8 Å². The fourth-order valence-electron chi connectivity index (χ4n) is 4.28. The van der Waals surface area contributed by atoms with E-state index in [0.29, 0.717) is 24.4 Å². The summed E-state index contributed by atoms with van der Waals surface area (Å²) < 4.78 is 33.1. The molecule has 0 radical (unpaired) electrons. The fourth-order valence-corrected chi connectivity index (χ4v) is 5.83. The van der Waals surface area contributed by atoms with Crippen LogP contribution in [0.3, 0.4) is 0 Å². The minimum atomic E-state index is -3.76. The van der Waals surface area contributed by atoms with E-state index in [9.17, 15) is 18.0 Å². The summed E-state index contributed by atoms with van der Waals surface area (Å²) in [5.41, 5.74) is 0.358. The number of hydrogen-bond donors (Lipinski definition) is 1. The number of likely N-dealkylation sites (tertiary alicyclic amines) is 1. The van der Waals surface area contributed by atoms with E-state index in [4.69, 9.17) is 4.74 Å². The molecule has 0 saturated carbocycles. The van der Waals surface area contributed by atoms with Crippen molar-refractivity contribution in [2.45, 2.75) is 43.4 Å². The van der Waals surface area contributed by atoms with Crippen molar-refractivity contribution in [1.29, 1.82) is 0 Å². The Morgan fingerprint density at radius 1 is 1.07 bits per heavy atom. The monoisotopic (exact) mass is 421 g/mol. The Labute approximate surface area is 171 Å². The van der Waals surface area contributed by atoms with Crippen LogP contribution < -0.4 is 10.1 Å². The van der Waals surface area contributed by atoms with Crippen LogP contribution in [0.25, 0.3) is 0 Å². The average molecular weight is 422 g/mol. The first-order valence-corrected chi connectivity index (χ1v) is 11.7. The molecule has 1 N–H and O–H groups in total. The maximum atomic E-state index is 13.2. The van der Waals surface area contributed by atoms with Crippen LogP contribution in [0.2, 0.25) is 0 Å². The number of hydrogen-bond acceptors (Lipinski definition) is 5. The number of piperidine rings is 1. The van der Waals surface area contributed by atoms with Gasteiger partial charge < -0.3 is 15.0 Å². The molecule has 0 aromatic heterocycles. The molecule has 3 aliphatic heterocycles. The predicted octanol–water partition coefficient (Wildman–Crippen LogP) is 1.82. The number of nitrogens with zero attached hydrogens (tertiary/aromatic N) is 2. The molecule has 0 unspecified atom stereocenters. The van der Waals surface area contributed by atoms with Gasteiger partial charge in [-0.1, -0.05) is 12.8 Å². The lowest BCUT2D eigenvalue weighted by Crippen LogP contribution is -2.47. The van der Waals surface area contributed by atoms with Gasteiger partial charge in [-0.25, -0.2) is 8.42 Å². The Balaban J connectivity index is 1.50. The zero-order valence-corrected chi connectivity index (χ0v) is 17.2. The Hall–Kier alpha value is -2.13. The molecule has 2 saturated heterocycles. The summed E-state index contributed by atoms with van der Waals surface area (Å²) in [7, 11) is -3.76. The van der Waals surface area contributed by atoms with Crippen LogP contribution in [0.4, 0.5) is 5.69 Å². The molecule has 3 heterocycles. The number of anilines is 1. The van der Waals surface area contributed by atoms with Gasteiger partial charge in [0.2, 0.25) is 15.9 Å². The molecule has 3 aliphatic rings. The molecule has 29 heavy (non-hydrogen) atoms. The summed E-state index contributed by atoms with van der Waals surface area (Å²) in [6, 6.07) is 4.49. The highest BCUT2D eigenvalue weighted by atomic mass is 32.2. The van der Waals surface area contributed by atoms with E-state index >= 15 is 0 Å². The molecule has 9 heteroatoms. The van der Waals surface area contributed by atoms with Crippen LogP contribution in [0.5, 0.6) is 5.75 Å². The van der Waals surface area contributed by atoms with Gasteiger partial charge in [0.15, 0.2) is 6.61 Å². The second kappa shape index (κ2) is 8.31. The first-order chi connectivity index (χ1) is 13.9. The quantitative estimate of drug-likeness (QED) is 0.803. The van der Waals surface area contributed by atoms with E-state index < -0.39 is 10.0 Å². The highest BCUT2D eigenvalue weighted by Gasteiger charge is 2.35. The van der Waals surface area contributed by atoms with Gasteiger partial charge in [-0.05, 0) is 43.9 Å². The zero-order valence-electron chi connectivity index (χ0n) is 16.4. The molecule has 4 rings (SSSR count). The topological polar surface area (TPSA) is 96.0 Å². The van der Waals surface area contributed by atoms with E-state index in [1.807, 2.05) is 4.90 Å². The number of amides is 2. The molecule has 158 valence electrons. The fraction of sp³-hybridized carbons (Fsp3) is 0.600. The number of carbonyl (C=O) groups is 2. The van der Waals surface area contributed by atoms with Gasteiger partial charge in [0.25, 0.3) is 5.91 Å². The third-order valence-electron chi connectivity index (χ3n) is 5.87. The number of benzene rings is 1. The van der Waals surface area contributed by atoms with Crippen molar-refractivity contribution in [1.82, 2.24) is 9.21 Å². The summed E-state index contributed by atoms with van der Waals surface area (Å²) in [4.78, 5) is 26.5. The van der Waals surface area contributed by atoms with Crippen molar-refractivity contribution >= 4 is 27.5 Å². The lowest BCUT2D eigenvalue weighted by Gasteiger charge is -2.34. The molecular weight excluding hydrogens is 394 g/mol. The number of nitrogens with one attached hydrogen (secondary N) is 1. The lowest BCUT2D eigenvalue weighted by molar-refractivity contribution is -0.136. The molecular formula is C20H27N3O5S. The van der Waals surface area contributed by atoms with Crippen LogP contribution in [0.15, 0.2) is 23.1 Å².